The second kappa shape index (κ2) is 8.28. The number of aryl methyl sites for hydroxylation is 1. The van der Waals surface area contributed by atoms with Gasteiger partial charge in [-0.2, -0.15) is 0 Å². The van der Waals surface area contributed by atoms with Crippen LogP contribution in [0.5, 0.6) is 5.75 Å². The van der Waals surface area contributed by atoms with Crippen LogP contribution >= 0.6 is 15.9 Å². The SMILES string of the molecule is COc1ccc2c(c1)CC[C@@H]1[C@@H]2CC[C@]2(C)C([C@@](C)(O)C(=O)/C=C/c3ccc(Br)o3)=CC[C@@H]12. The fraction of sp³-hybridized carbons (Fsp3) is 0.464. The number of carbonyl (C=O) groups excluding carboxylic acids is 1. The Hall–Kier alpha value is -2.11. The molecule has 0 saturated heterocycles. The minimum Gasteiger partial charge on any atom is -0.497 e. The third-order valence-electron chi connectivity index (χ3n) is 8.51. The van der Waals surface area contributed by atoms with Crippen molar-refractivity contribution in [2.24, 2.45) is 17.3 Å². The zero-order valence-corrected chi connectivity index (χ0v) is 21.0. The van der Waals surface area contributed by atoms with Crippen molar-refractivity contribution in [3.05, 3.63) is 69.6 Å². The van der Waals surface area contributed by atoms with E-state index >= 15 is 0 Å². The highest BCUT2D eigenvalue weighted by molar-refractivity contribution is 9.10. The molecule has 1 heterocycles. The van der Waals surface area contributed by atoms with Crippen molar-refractivity contribution in [3.8, 4) is 5.75 Å². The second-order valence-corrected chi connectivity index (χ2v) is 11.0. The molecule has 0 amide bonds. The minimum absolute atomic E-state index is 0.161. The van der Waals surface area contributed by atoms with Crippen molar-refractivity contribution in [2.75, 3.05) is 7.11 Å². The first-order valence-corrected chi connectivity index (χ1v) is 12.6. The monoisotopic (exact) mass is 510 g/mol. The highest BCUT2D eigenvalue weighted by Crippen LogP contribution is 2.62. The van der Waals surface area contributed by atoms with Crippen molar-refractivity contribution < 1.29 is 19.1 Å². The van der Waals surface area contributed by atoms with E-state index in [9.17, 15) is 9.90 Å². The maximum atomic E-state index is 13.1. The minimum atomic E-state index is -1.52. The van der Waals surface area contributed by atoms with Gasteiger partial charge >= 0.3 is 0 Å². The molecule has 4 nitrogen and oxygen atoms in total. The van der Waals surface area contributed by atoms with E-state index in [0.717, 1.165) is 43.4 Å². The average molecular weight is 511 g/mol. The van der Waals surface area contributed by atoms with Gasteiger partial charge in [0.15, 0.2) is 10.5 Å². The van der Waals surface area contributed by atoms with E-state index in [0.29, 0.717) is 28.2 Å². The van der Waals surface area contributed by atoms with Gasteiger partial charge < -0.3 is 14.3 Å². The lowest BCUT2D eigenvalue weighted by Crippen LogP contribution is -2.47. The Kier molecular flexibility index (Phi) is 5.69. The predicted molar refractivity (Wildman–Crippen MR) is 132 cm³/mol. The zero-order valence-electron chi connectivity index (χ0n) is 19.4. The van der Waals surface area contributed by atoms with Crippen LogP contribution in [-0.2, 0) is 11.2 Å². The number of furan rings is 1. The van der Waals surface area contributed by atoms with Crippen molar-refractivity contribution in [1.82, 2.24) is 0 Å². The number of fused-ring (bicyclic) bond motifs is 5. The van der Waals surface area contributed by atoms with Crippen LogP contribution in [0.15, 0.2) is 57.1 Å². The van der Waals surface area contributed by atoms with Gasteiger partial charge in [0, 0.05) is 0 Å². The van der Waals surface area contributed by atoms with E-state index in [1.807, 2.05) is 0 Å². The first-order valence-electron chi connectivity index (χ1n) is 11.8. The fourth-order valence-corrected chi connectivity index (χ4v) is 7.20. The van der Waals surface area contributed by atoms with Crippen LogP contribution in [0.4, 0.5) is 0 Å². The van der Waals surface area contributed by atoms with Crippen molar-refractivity contribution >= 4 is 27.8 Å². The van der Waals surface area contributed by atoms with Gasteiger partial charge in [-0.3, -0.25) is 4.79 Å². The molecule has 0 bridgehead atoms. The lowest BCUT2D eigenvalue weighted by atomic mass is 9.53. The summed E-state index contributed by atoms with van der Waals surface area (Å²) in [6.45, 7) is 3.93. The topological polar surface area (TPSA) is 59.7 Å². The number of hydrogen-bond acceptors (Lipinski definition) is 4. The van der Waals surface area contributed by atoms with Crippen LogP contribution < -0.4 is 4.74 Å². The third kappa shape index (κ3) is 3.74. The van der Waals surface area contributed by atoms with Gasteiger partial charge in [-0.25, -0.2) is 0 Å². The zero-order chi connectivity index (χ0) is 23.4. The summed E-state index contributed by atoms with van der Waals surface area (Å²) in [5.74, 6) is 2.77. The molecule has 1 fully saturated rings. The van der Waals surface area contributed by atoms with Crippen molar-refractivity contribution in [2.45, 2.75) is 57.5 Å². The Labute approximate surface area is 203 Å². The summed E-state index contributed by atoms with van der Waals surface area (Å²) in [5.41, 5.74) is 2.11. The standard InChI is InChI=1S/C28H31BrO4/c1-27-15-14-21-20-9-5-19(32-3)16-17(20)4-8-22(21)23(27)10-11-24(27)28(2,31)25(30)12-6-18-7-13-26(29)33-18/h5-7,9,11-13,16,21-23,31H,4,8,10,14-15H2,1-3H3/b12-6+/t21-,22-,23+,27+,28-/m1/s1. The Morgan fingerprint density at radius 1 is 1.30 bits per heavy atom. The first kappa shape index (κ1) is 22.7. The number of methoxy groups -OCH3 is 1. The molecule has 33 heavy (non-hydrogen) atoms. The van der Waals surface area contributed by atoms with E-state index in [4.69, 9.17) is 9.15 Å². The second-order valence-electron chi connectivity index (χ2n) is 10.2. The summed E-state index contributed by atoms with van der Waals surface area (Å²) >= 11 is 3.27. The van der Waals surface area contributed by atoms with E-state index in [2.05, 4.69) is 47.1 Å². The number of rotatable bonds is 5. The van der Waals surface area contributed by atoms with Crippen LogP contribution in [0.3, 0.4) is 0 Å². The molecule has 5 atom stereocenters. The lowest BCUT2D eigenvalue weighted by Gasteiger charge is -2.51. The Morgan fingerprint density at radius 2 is 2.12 bits per heavy atom. The molecule has 5 heteroatoms. The predicted octanol–water partition coefficient (Wildman–Crippen LogP) is 6.48. The van der Waals surface area contributed by atoms with E-state index in [1.165, 1.54) is 17.2 Å². The largest absolute Gasteiger partial charge is 0.497 e. The molecule has 174 valence electrons. The lowest BCUT2D eigenvalue weighted by molar-refractivity contribution is -0.129. The molecular formula is C28H31BrO4. The first-order chi connectivity index (χ1) is 15.7. The highest BCUT2D eigenvalue weighted by Gasteiger charge is 2.56. The molecule has 1 aromatic carbocycles. The van der Waals surface area contributed by atoms with Crippen LogP contribution in [0.1, 0.15) is 62.3 Å². The number of allylic oxidation sites excluding steroid dienone is 1. The summed E-state index contributed by atoms with van der Waals surface area (Å²) in [6.07, 6.45) is 10.4. The fourth-order valence-electron chi connectivity index (χ4n) is 6.88. The average Bonchev–Trinajstić information content (AvgIpc) is 3.39. The Bertz CT molecular complexity index is 1140. The van der Waals surface area contributed by atoms with E-state index in [-0.39, 0.29) is 11.2 Å². The number of ether oxygens (including phenoxy) is 1. The van der Waals surface area contributed by atoms with Crippen LogP contribution in [0.2, 0.25) is 0 Å². The van der Waals surface area contributed by atoms with Crippen molar-refractivity contribution in [1.29, 1.82) is 0 Å². The maximum absolute atomic E-state index is 13.1. The van der Waals surface area contributed by atoms with Gasteiger partial charge in [0.2, 0.25) is 0 Å². The van der Waals surface area contributed by atoms with Crippen LogP contribution in [0, 0.1) is 17.3 Å². The number of carbonyl (C=O) groups is 1. The molecule has 0 aliphatic heterocycles. The Morgan fingerprint density at radius 3 is 2.85 bits per heavy atom. The number of benzene rings is 1. The third-order valence-corrected chi connectivity index (χ3v) is 8.94. The summed E-state index contributed by atoms with van der Waals surface area (Å²) in [5, 5.41) is 11.5. The molecule has 2 aromatic rings. The molecule has 1 saturated carbocycles. The van der Waals surface area contributed by atoms with Gasteiger partial charge in [0.25, 0.3) is 0 Å². The van der Waals surface area contributed by atoms with Gasteiger partial charge in [0.05, 0.1) is 7.11 Å². The van der Waals surface area contributed by atoms with E-state index in [1.54, 1.807) is 32.2 Å². The van der Waals surface area contributed by atoms with Gasteiger partial charge in [-0.1, -0.05) is 19.1 Å². The van der Waals surface area contributed by atoms with Crippen LogP contribution in [-0.4, -0.2) is 23.6 Å². The highest BCUT2D eigenvalue weighted by atomic mass is 79.9. The number of aliphatic hydroxyl groups is 1. The number of ketones is 1. The summed E-state index contributed by atoms with van der Waals surface area (Å²) in [6, 6.07) is 10.1. The quantitative estimate of drug-likeness (QED) is 0.369. The van der Waals surface area contributed by atoms with Gasteiger partial charge in [0.1, 0.15) is 17.1 Å². The number of hydrogen-bond donors (Lipinski definition) is 1. The Balaban J connectivity index is 1.38. The molecule has 0 unspecified atom stereocenters. The van der Waals surface area contributed by atoms with Gasteiger partial charge in [-0.15, -0.1) is 0 Å². The van der Waals surface area contributed by atoms with E-state index < -0.39 is 5.60 Å². The summed E-state index contributed by atoms with van der Waals surface area (Å²) in [7, 11) is 1.72. The van der Waals surface area contributed by atoms with Gasteiger partial charge in [-0.05, 0) is 131 Å². The van der Waals surface area contributed by atoms with Crippen LogP contribution in [0.25, 0.3) is 6.08 Å². The molecule has 1 aromatic heterocycles. The summed E-state index contributed by atoms with van der Waals surface area (Å²) < 4.78 is 11.5. The molecule has 3 aliphatic carbocycles. The molecule has 1 N–H and O–H groups in total. The molecular weight excluding hydrogens is 480 g/mol. The normalized spacial score (nSPS) is 30.2. The summed E-state index contributed by atoms with van der Waals surface area (Å²) in [4.78, 5) is 13.1. The smallest absolute Gasteiger partial charge is 0.191 e. The number of halogens is 1. The van der Waals surface area contributed by atoms with Crippen molar-refractivity contribution in [3.63, 3.8) is 0 Å². The maximum Gasteiger partial charge on any atom is 0.191 e. The molecule has 5 rings (SSSR count). The molecule has 0 radical (unpaired) electrons. The molecule has 3 aliphatic rings. The molecule has 0 spiro atoms.